The number of ether oxygens (including phenoxy) is 1. The van der Waals surface area contributed by atoms with E-state index in [9.17, 15) is 17.6 Å². The van der Waals surface area contributed by atoms with Gasteiger partial charge in [0.2, 0.25) is 15.9 Å². The van der Waals surface area contributed by atoms with Gasteiger partial charge in [-0.15, -0.1) is 5.10 Å². The van der Waals surface area contributed by atoms with Crippen molar-refractivity contribution in [2.75, 3.05) is 13.2 Å². The molecule has 0 aliphatic carbocycles. The lowest BCUT2D eigenvalue weighted by atomic mass is 9.91. The van der Waals surface area contributed by atoms with Crippen LogP contribution in [0.1, 0.15) is 34.6 Å². The lowest BCUT2D eigenvalue weighted by Crippen LogP contribution is -2.26. The highest BCUT2D eigenvalue weighted by molar-refractivity contribution is 7.89. The second-order valence-corrected chi connectivity index (χ2v) is 10.6. The highest BCUT2D eigenvalue weighted by atomic mass is 32.2. The molecule has 2 aromatic carbocycles. The number of carbonyl (C=O) groups excluding carboxylic acids is 1. The molecule has 34 heavy (non-hydrogen) atoms. The Morgan fingerprint density at radius 2 is 1.62 bits per heavy atom. The van der Waals surface area contributed by atoms with Crippen LogP contribution in [0.3, 0.4) is 0 Å². The minimum Gasteiger partial charge on any atom is -0.468 e. The number of halogens is 1. The summed E-state index contributed by atoms with van der Waals surface area (Å²) < 4.78 is 48.4. The molecule has 3 rings (SSSR count). The number of benzene rings is 2. The number of aromatic nitrogens is 2. The highest BCUT2D eigenvalue weighted by Gasteiger charge is 2.26. The van der Waals surface area contributed by atoms with E-state index < -0.39 is 15.4 Å². The van der Waals surface area contributed by atoms with Crippen molar-refractivity contribution in [3.63, 3.8) is 0 Å². The number of hydrogen-bond donors (Lipinski definition) is 1. The van der Waals surface area contributed by atoms with Crippen molar-refractivity contribution in [1.82, 2.24) is 14.5 Å². The Bertz CT molecular complexity index is 1260. The quantitative estimate of drug-likeness (QED) is 0.474. The number of rotatable bonds is 9. The number of aryl methyl sites for hydroxylation is 1. The lowest BCUT2D eigenvalue weighted by Gasteiger charge is -2.16. The van der Waals surface area contributed by atoms with Gasteiger partial charge in [0, 0.05) is 24.1 Å². The third kappa shape index (κ3) is 5.53. The number of hydrogen-bond acceptors (Lipinski definition) is 5. The van der Waals surface area contributed by atoms with Gasteiger partial charge in [-0.2, -0.15) is 0 Å². The number of ketones is 1. The van der Waals surface area contributed by atoms with Gasteiger partial charge in [-0.1, -0.05) is 52.0 Å². The van der Waals surface area contributed by atoms with Crippen LogP contribution in [-0.4, -0.2) is 37.1 Å². The normalized spacial score (nSPS) is 12.1. The van der Waals surface area contributed by atoms with E-state index in [0.717, 1.165) is 0 Å². The van der Waals surface area contributed by atoms with Crippen LogP contribution in [-0.2, 0) is 21.4 Å². The number of sulfonamides is 1. The molecular formula is C25H30FN3O4S. The molecule has 0 radical (unpaired) electrons. The average molecular weight is 488 g/mol. The number of carbonyl (C=O) groups is 1. The van der Waals surface area contributed by atoms with E-state index in [1.807, 2.05) is 27.7 Å². The summed E-state index contributed by atoms with van der Waals surface area (Å²) in [6, 6.07) is 12.4. The van der Waals surface area contributed by atoms with Gasteiger partial charge in [0.1, 0.15) is 12.4 Å². The predicted molar refractivity (Wildman–Crippen MR) is 130 cm³/mol. The third-order valence-corrected chi connectivity index (χ3v) is 6.86. The molecule has 3 aromatic rings. The molecule has 0 bridgehead atoms. The first-order chi connectivity index (χ1) is 16.0. The molecule has 0 aliphatic rings. The zero-order valence-electron chi connectivity index (χ0n) is 20.1. The van der Waals surface area contributed by atoms with Crippen molar-refractivity contribution >= 4 is 15.8 Å². The van der Waals surface area contributed by atoms with Crippen molar-refractivity contribution < 1.29 is 22.3 Å². The summed E-state index contributed by atoms with van der Waals surface area (Å²) >= 11 is 0. The molecule has 0 saturated heterocycles. The summed E-state index contributed by atoms with van der Waals surface area (Å²) in [6.45, 7) is 9.71. The van der Waals surface area contributed by atoms with Crippen LogP contribution in [0.25, 0.3) is 22.4 Å². The molecular weight excluding hydrogens is 457 g/mol. The summed E-state index contributed by atoms with van der Waals surface area (Å²) in [5, 5.41) is 4.58. The van der Waals surface area contributed by atoms with Crippen molar-refractivity contribution in [2.45, 2.75) is 46.1 Å². The zero-order valence-corrected chi connectivity index (χ0v) is 20.9. The predicted octanol–water partition coefficient (Wildman–Crippen LogP) is 4.67. The van der Waals surface area contributed by atoms with Crippen molar-refractivity contribution in [3.05, 3.63) is 54.3 Å². The van der Waals surface area contributed by atoms with Gasteiger partial charge in [0.25, 0.3) is 0 Å². The molecule has 0 fully saturated rings. The number of nitrogens with one attached hydrogen (secondary N) is 1. The van der Waals surface area contributed by atoms with Gasteiger partial charge in [0.15, 0.2) is 5.78 Å². The smallest absolute Gasteiger partial charge is 0.241 e. The molecule has 9 heteroatoms. The fourth-order valence-corrected chi connectivity index (χ4v) is 4.40. The van der Waals surface area contributed by atoms with Gasteiger partial charge in [-0.3, -0.25) is 9.48 Å². The Labute approximate surface area is 200 Å². The van der Waals surface area contributed by atoms with Crippen LogP contribution in [0.4, 0.5) is 4.39 Å². The van der Waals surface area contributed by atoms with Crippen LogP contribution in [0.2, 0.25) is 0 Å². The second kappa shape index (κ2) is 10.1. The molecule has 7 nitrogen and oxygen atoms in total. The number of nitrogens with zero attached hydrogens (tertiary/aromatic N) is 2. The van der Waals surface area contributed by atoms with Gasteiger partial charge >= 0.3 is 0 Å². The highest BCUT2D eigenvalue weighted by Crippen LogP contribution is 2.40. The zero-order chi connectivity index (χ0) is 25.1. The molecule has 0 saturated carbocycles. The Morgan fingerprint density at radius 3 is 2.15 bits per heavy atom. The minimum absolute atomic E-state index is 0.0804. The maximum atomic E-state index is 13.6. The molecule has 0 aliphatic heterocycles. The van der Waals surface area contributed by atoms with Gasteiger partial charge in [-0.05, 0) is 36.8 Å². The summed E-state index contributed by atoms with van der Waals surface area (Å²) in [7, 11) is -3.60. The van der Waals surface area contributed by atoms with E-state index in [2.05, 4.69) is 9.82 Å². The largest absolute Gasteiger partial charge is 0.468 e. The molecule has 1 N–H and O–H groups in total. The monoisotopic (exact) mass is 487 g/mol. The second-order valence-electron chi connectivity index (χ2n) is 8.84. The molecule has 0 unspecified atom stereocenters. The molecule has 182 valence electrons. The first-order valence-corrected chi connectivity index (χ1v) is 12.6. The van der Waals surface area contributed by atoms with Crippen molar-refractivity contribution in [1.29, 1.82) is 0 Å². The summed E-state index contributed by atoms with van der Waals surface area (Å²) in [4.78, 5) is 12.6. The summed E-state index contributed by atoms with van der Waals surface area (Å²) in [5.41, 5.74) is 2.09. The van der Waals surface area contributed by atoms with E-state index in [1.54, 1.807) is 35.9 Å². The Hall–Kier alpha value is -3.04. The Kier molecular flexibility index (Phi) is 7.57. The summed E-state index contributed by atoms with van der Waals surface area (Å²) in [6.07, 6.45) is 0. The van der Waals surface area contributed by atoms with E-state index in [-0.39, 0.29) is 35.5 Å². The maximum absolute atomic E-state index is 13.6. The number of Topliss-reactive ketones (excluding diaryl/α,β-unsaturated/α-hetero) is 1. The van der Waals surface area contributed by atoms with E-state index in [4.69, 9.17) is 4.74 Å². The first-order valence-electron chi connectivity index (χ1n) is 11.1. The topological polar surface area (TPSA) is 90.3 Å². The van der Waals surface area contributed by atoms with Crippen LogP contribution >= 0.6 is 0 Å². The SMILES string of the molecule is CCNS(=O)(=O)c1ccc(-c2c(-c3ccc(F)cc3)c(OCC(=O)C(C)(C)C)nn2CC)cc1. The fraction of sp³-hybridized carbons (Fsp3) is 0.360. The molecule has 0 spiro atoms. The molecule has 0 amide bonds. The van der Waals surface area contributed by atoms with Gasteiger partial charge in [0.05, 0.1) is 16.2 Å². The Balaban J connectivity index is 2.13. The van der Waals surface area contributed by atoms with Crippen LogP contribution in [0, 0.1) is 11.2 Å². The van der Waals surface area contributed by atoms with Crippen LogP contribution < -0.4 is 9.46 Å². The molecule has 0 atom stereocenters. The average Bonchev–Trinajstić information content (AvgIpc) is 3.16. The third-order valence-electron chi connectivity index (χ3n) is 5.30. The lowest BCUT2D eigenvalue weighted by molar-refractivity contribution is -0.128. The molecule has 1 heterocycles. The molecule has 1 aromatic heterocycles. The van der Waals surface area contributed by atoms with Crippen LogP contribution in [0.15, 0.2) is 53.4 Å². The van der Waals surface area contributed by atoms with Gasteiger partial charge < -0.3 is 4.74 Å². The standard InChI is InChI=1S/C25H30FN3O4S/c1-6-27-34(31,32)20-14-10-18(11-15-20)23-22(17-8-12-19(26)13-9-17)24(28-29(23)7-2)33-16-21(30)25(3,4)5/h8-15,27H,6-7,16H2,1-5H3. The van der Waals surface area contributed by atoms with Crippen LogP contribution in [0.5, 0.6) is 5.88 Å². The van der Waals surface area contributed by atoms with E-state index in [0.29, 0.717) is 28.9 Å². The van der Waals surface area contributed by atoms with E-state index >= 15 is 0 Å². The minimum atomic E-state index is -3.60. The first kappa shape index (κ1) is 25.6. The van der Waals surface area contributed by atoms with Gasteiger partial charge in [-0.25, -0.2) is 17.5 Å². The van der Waals surface area contributed by atoms with Crippen molar-refractivity contribution in [3.8, 4) is 28.3 Å². The summed E-state index contributed by atoms with van der Waals surface area (Å²) in [5.74, 6) is -0.204. The maximum Gasteiger partial charge on any atom is 0.241 e. The van der Waals surface area contributed by atoms with Crippen molar-refractivity contribution in [2.24, 2.45) is 5.41 Å². The van der Waals surface area contributed by atoms with E-state index in [1.165, 1.54) is 24.3 Å². The Morgan fingerprint density at radius 1 is 1.03 bits per heavy atom. The fourth-order valence-electron chi connectivity index (χ4n) is 3.36.